The first-order valence-electron chi connectivity index (χ1n) is 5.49. The summed E-state index contributed by atoms with van der Waals surface area (Å²) in [5.41, 5.74) is 2.38. The number of rotatable bonds is 2. The van der Waals surface area contributed by atoms with Gasteiger partial charge in [-0.3, -0.25) is 0 Å². The molecule has 5 heteroatoms. The topological polar surface area (TPSA) is 9.23 Å². The van der Waals surface area contributed by atoms with Gasteiger partial charge in [-0.05, 0) is 55.1 Å². The molecule has 0 N–H and O–H groups in total. The van der Waals surface area contributed by atoms with Crippen LogP contribution in [0.3, 0.4) is 0 Å². The second-order valence-corrected chi connectivity index (χ2v) is 7.79. The first-order chi connectivity index (χ1) is 8.65. The van der Waals surface area contributed by atoms with E-state index in [0.717, 1.165) is 37.5 Å². The van der Waals surface area contributed by atoms with E-state index < -0.39 is 0 Å². The lowest BCUT2D eigenvalue weighted by molar-refractivity contribution is 0.357. The van der Waals surface area contributed by atoms with Crippen molar-refractivity contribution in [3.05, 3.63) is 48.5 Å². The average Bonchev–Trinajstić information content (AvgIpc) is 2.95. The fraction of sp³-hybridized carbons (Fsp3) is 0.231. The van der Waals surface area contributed by atoms with Gasteiger partial charge in [-0.15, -0.1) is 22.9 Å². The lowest BCUT2D eigenvalue weighted by Gasteiger charge is -2.09. The van der Waals surface area contributed by atoms with Gasteiger partial charge < -0.3 is 4.74 Å². The molecule has 3 rings (SSSR count). The zero-order valence-electron chi connectivity index (χ0n) is 9.25. The van der Waals surface area contributed by atoms with Crippen LogP contribution in [0.5, 0.6) is 5.75 Å². The lowest BCUT2D eigenvalue weighted by Crippen LogP contribution is -1.91. The predicted octanol–water partition coefficient (Wildman–Crippen LogP) is 5.54. The minimum atomic E-state index is -0.108. The molecule has 1 aliphatic heterocycles. The number of halogens is 3. The molecule has 0 amide bonds. The molecular formula is C13H9Br2ClOS. The standard InChI is InChI=1S/C13H9Br2ClOS/c14-9-6-11(18-13(9)15)12(16)8-1-2-10-7(5-8)3-4-17-10/h1-2,5-6,12H,3-4H2. The summed E-state index contributed by atoms with van der Waals surface area (Å²) in [6.07, 6.45) is 0.977. The molecule has 0 aliphatic carbocycles. The van der Waals surface area contributed by atoms with E-state index in [1.165, 1.54) is 5.56 Å². The fourth-order valence-corrected chi connectivity index (χ4v) is 4.44. The summed E-state index contributed by atoms with van der Waals surface area (Å²) in [6.45, 7) is 0.780. The third-order valence-electron chi connectivity index (χ3n) is 2.92. The Hall–Kier alpha value is -0.0300. The monoisotopic (exact) mass is 406 g/mol. The van der Waals surface area contributed by atoms with E-state index in [4.69, 9.17) is 16.3 Å². The number of fused-ring (bicyclic) bond motifs is 1. The third-order valence-corrected chi connectivity index (χ3v) is 6.86. The Morgan fingerprint density at radius 1 is 1.28 bits per heavy atom. The molecule has 1 atom stereocenters. The van der Waals surface area contributed by atoms with Gasteiger partial charge in [0.2, 0.25) is 0 Å². The maximum atomic E-state index is 6.55. The van der Waals surface area contributed by atoms with Crippen LogP contribution in [-0.4, -0.2) is 6.61 Å². The van der Waals surface area contributed by atoms with Gasteiger partial charge in [0.05, 0.1) is 15.8 Å². The van der Waals surface area contributed by atoms with E-state index in [9.17, 15) is 0 Å². The lowest BCUT2D eigenvalue weighted by atomic mass is 10.1. The first-order valence-corrected chi connectivity index (χ1v) is 8.33. The van der Waals surface area contributed by atoms with E-state index in [-0.39, 0.29) is 5.38 Å². The van der Waals surface area contributed by atoms with Crippen molar-refractivity contribution in [1.82, 2.24) is 0 Å². The minimum Gasteiger partial charge on any atom is -0.493 e. The van der Waals surface area contributed by atoms with Crippen LogP contribution in [-0.2, 0) is 6.42 Å². The van der Waals surface area contributed by atoms with Crippen molar-refractivity contribution in [2.24, 2.45) is 0 Å². The van der Waals surface area contributed by atoms with Crippen molar-refractivity contribution < 1.29 is 4.74 Å². The summed E-state index contributed by atoms with van der Waals surface area (Å²) < 4.78 is 7.64. The Morgan fingerprint density at radius 3 is 2.83 bits per heavy atom. The van der Waals surface area contributed by atoms with Gasteiger partial charge in [0.1, 0.15) is 5.75 Å². The molecule has 1 unspecified atom stereocenters. The maximum Gasteiger partial charge on any atom is 0.122 e. The largest absolute Gasteiger partial charge is 0.493 e. The highest BCUT2D eigenvalue weighted by Gasteiger charge is 2.19. The normalized spacial score (nSPS) is 15.3. The van der Waals surface area contributed by atoms with Gasteiger partial charge in [0.15, 0.2) is 0 Å². The Balaban J connectivity index is 1.94. The zero-order chi connectivity index (χ0) is 12.7. The van der Waals surface area contributed by atoms with Crippen molar-refractivity contribution in [2.75, 3.05) is 6.61 Å². The third kappa shape index (κ3) is 2.36. The SMILES string of the molecule is ClC(c1ccc2c(c1)CCO2)c1cc(Br)c(Br)s1. The molecule has 0 spiro atoms. The van der Waals surface area contributed by atoms with Crippen LogP contribution in [0.2, 0.25) is 0 Å². The van der Waals surface area contributed by atoms with E-state index in [1.54, 1.807) is 11.3 Å². The van der Waals surface area contributed by atoms with Gasteiger partial charge in [-0.1, -0.05) is 12.1 Å². The molecule has 94 valence electrons. The van der Waals surface area contributed by atoms with Gasteiger partial charge in [-0.25, -0.2) is 0 Å². The Labute approximate surface area is 131 Å². The highest BCUT2D eigenvalue weighted by molar-refractivity contribution is 9.13. The highest BCUT2D eigenvalue weighted by Crippen LogP contribution is 2.41. The van der Waals surface area contributed by atoms with Crippen molar-refractivity contribution in [2.45, 2.75) is 11.8 Å². The number of hydrogen-bond donors (Lipinski definition) is 0. The second-order valence-electron chi connectivity index (χ2n) is 4.10. The minimum absolute atomic E-state index is 0.108. The summed E-state index contributed by atoms with van der Waals surface area (Å²) in [5.74, 6) is 0.996. The number of ether oxygens (including phenoxy) is 1. The molecule has 0 saturated carbocycles. The zero-order valence-corrected chi connectivity index (χ0v) is 14.0. The quantitative estimate of drug-likeness (QED) is 0.593. The van der Waals surface area contributed by atoms with E-state index in [1.807, 2.05) is 12.1 Å². The molecule has 0 saturated heterocycles. The second kappa shape index (κ2) is 5.16. The molecule has 2 aromatic rings. The van der Waals surface area contributed by atoms with Crippen molar-refractivity contribution in [3.63, 3.8) is 0 Å². The van der Waals surface area contributed by atoms with Gasteiger partial charge in [0.25, 0.3) is 0 Å². The van der Waals surface area contributed by atoms with Crippen LogP contribution in [0.15, 0.2) is 32.5 Å². The highest BCUT2D eigenvalue weighted by atomic mass is 79.9. The Morgan fingerprint density at radius 2 is 2.11 bits per heavy atom. The molecule has 2 heterocycles. The Kier molecular flexibility index (Phi) is 3.72. The molecule has 0 fully saturated rings. The van der Waals surface area contributed by atoms with Gasteiger partial charge in [0, 0.05) is 15.8 Å². The summed E-state index contributed by atoms with van der Waals surface area (Å²) >= 11 is 15.2. The van der Waals surface area contributed by atoms with E-state index in [0.29, 0.717) is 0 Å². The maximum absolute atomic E-state index is 6.55. The summed E-state index contributed by atoms with van der Waals surface area (Å²) in [4.78, 5) is 1.13. The average molecular weight is 409 g/mol. The summed E-state index contributed by atoms with van der Waals surface area (Å²) in [6, 6.07) is 8.28. The van der Waals surface area contributed by atoms with Crippen molar-refractivity contribution in [3.8, 4) is 5.75 Å². The molecule has 1 aromatic heterocycles. The van der Waals surface area contributed by atoms with E-state index in [2.05, 4.69) is 44.0 Å². The van der Waals surface area contributed by atoms with Crippen LogP contribution in [0.4, 0.5) is 0 Å². The van der Waals surface area contributed by atoms with Gasteiger partial charge in [-0.2, -0.15) is 0 Å². The molecule has 1 nitrogen and oxygen atoms in total. The molecule has 1 aromatic carbocycles. The first kappa shape index (κ1) is 13.0. The number of alkyl halides is 1. The van der Waals surface area contributed by atoms with Gasteiger partial charge >= 0.3 is 0 Å². The van der Waals surface area contributed by atoms with Crippen molar-refractivity contribution in [1.29, 1.82) is 0 Å². The number of thiophene rings is 1. The number of benzene rings is 1. The summed E-state index contributed by atoms with van der Waals surface area (Å²) in [5, 5.41) is -0.108. The van der Waals surface area contributed by atoms with Crippen LogP contribution in [0.1, 0.15) is 21.4 Å². The van der Waals surface area contributed by atoms with E-state index >= 15 is 0 Å². The fourth-order valence-electron chi connectivity index (χ4n) is 2.02. The van der Waals surface area contributed by atoms with Crippen LogP contribution < -0.4 is 4.74 Å². The molecular weight excluding hydrogens is 399 g/mol. The molecule has 18 heavy (non-hydrogen) atoms. The Bertz CT molecular complexity index is 577. The van der Waals surface area contributed by atoms with Crippen LogP contribution in [0.25, 0.3) is 0 Å². The van der Waals surface area contributed by atoms with Crippen LogP contribution >= 0.6 is 54.8 Å². The smallest absolute Gasteiger partial charge is 0.122 e. The summed E-state index contributed by atoms with van der Waals surface area (Å²) in [7, 11) is 0. The molecule has 0 bridgehead atoms. The van der Waals surface area contributed by atoms with Crippen molar-refractivity contribution >= 4 is 54.8 Å². The molecule has 0 radical (unpaired) electrons. The van der Waals surface area contributed by atoms with Crippen LogP contribution in [0, 0.1) is 0 Å². The molecule has 1 aliphatic rings. The predicted molar refractivity (Wildman–Crippen MR) is 83.1 cm³/mol. The number of hydrogen-bond acceptors (Lipinski definition) is 2.